The molecule has 1 N–H and O–H groups in total. The van der Waals surface area contributed by atoms with E-state index in [-0.39, 0.29) is 0 Å². The Bertz CT molecular complexity index is 429. The number of nitro groups is 1. The molecule has 0 aliphatic carbocycles. The molecule has 0 aromatic heterocycles. The summed E-state index contributed by atoms with van der Waals surface area (Å²) in [5.74, 6) is -0.444. The topological polar surface area (TPSA) is 73.6 Å². The van der Waals surface area contributed by atoms with Crippen molar-refractivity contribution in [3.63, 3.8) is 0 Å². The molecule has 0 aliphatic heterocycles. The Hall–Kier alpha value is -1.80. The summed E-state index contributed by atoms with van der Waals surface area (Å²) in [5.41, 5.74) is 0.121. The largest absolute Gasteiger partial charge is 0.427 e. The normalized spacial score (nSPS) is 10.7. The van der Waals surface area contributed by atoms with Gasteiger partial charge < -0.3 is 14.8 Å². The number of rotatable bonds is 8. The number of hydrogen-bond donors (Lipinski definition) is 1. The Balaban J connectivity index is 2.75. The van der Waals surface area contributed by atoms with Crippen molar-refractivity contribution in [1.29, 1.82) is 0 Å². The van der Waals surface area contributed by atoms with Crippen LogP contribution in [0.15, 0.2) is 18.2 Å². The average Bonchev–Trinajstić information content (AvgIpc) is 2.35. The van der Waals surface area contributed by atoms with Gasteiger partial charge in [0, 0.05) is 26.3 Å². The van der Waals surface area contributed by atoms with Crippen molar-refractivity contribution < 1.29 is 23.2 Å². The number of benzene rings is 1. The minimum absolute atomic E-state index is 0.374. The molecule has 0 fully saturated rings. The second-order valence-electron chi connectivity index (χ2n) is 3.61. The van der Waals surface area contributed by atoms with E-state index in [0.717, 1.165) is 6.07 Å². The highest BCUT2D eigenvalue weighted by Crippen LogP contribution is 2.29. The highest BCUT2D eigenvalue weighted by atomic mass is 19.3. The summed E-state index contributed by atoms with van der Waals surface area (Å²) in [6, 6.07) is 3.86. The van der Waals surface area contributed by atoms with E-state index in [1.165, 1.54) is 12.1 Å². The number of nitrogens with zero attached hydrogens (tertiary/aromatic N) is 1. The Labute approximate surface area is 108 Å². The first-order valence-electron chi connectivity index (χ1n) is 5.46. The van der Waals surface area contributed by atoms with Crippen molar-refractivity contribution in [1.82, 2.24) is 5.32 Å². The Morgan fingerprint density at radius 3 is 2.79 bits per heavy atom. The van der Waals surface area contributed by atoms with Crippen molar-refractivity contribution in [3.8, 4) is 5.75 Å². The lowest BCUT2D eigenvalue weighted by Gasteiger charge is -2.08. The molecule has 0 radical (unpaired) electrons. The van der Waals surface area contributed by atoms with Gasteiger partial charge in [0.1, 0.15) is 0 Å². The van der Waals surface area contributed by atoms with Crippen LogP contribution in [0.3, 0.4) is 0 Å². The molecule has 0 bridgehead atoms. The third kappa shape index (κ3) is 5.14. The maximum Gasteiger partial charge on any atom is 0.387 e. The van der Waals surface area contributed by atoms with Crippen LogP contribution in [0, 0.1) is 10.1 Å². The van der Waals surface area contributed by atoms with Gasteiger partial charge in [-0.1, -0.05) is 6.07 Å². The molecule has 0 atom stereocenters. The molecule has 19 heavy (non-hydrogen) atoms. The molecule has 1 rings (SSSR count). The maximum absolute atomic E-state index is 12.1. The zero-order chi connectivity index (χ0) is 14.3. The third-order valence-corrected chi connectivity index (χ3v) is 2.25. The number of hydrogen-bond acceptors (Lipinski definition) is 5. The van der Waals surface area contributed by atoms with E-state index < -0.39 is 23.0 Å². The van der Waals surface area contributed by atoms with Gasteiger partial charge in [-0.25, -0.2) is 0 Å². The molecule has 0 heterocycles. The lowest BCUT2D eigenvalue weighted by molar-refractivity contribution is -0.386. The first-order valence-corrected chi connectivity index (χ1v) is 5.46. The average molecular weight is 276 g/mol. The van der Waals surface area contributed by atoms with Gasteiger partial charge in [-0.2, -0.15) is 8.78 Å². The zero-order valence-corrected chi connectivity index (χ0v) is 10.3. The highest BCUT2D eigenvalue weighted by Gasteiger charge is 2.18. The quantitative estimate of drug-likeness (QED) is 0.446. The number of nitrogens with one attached hydrogen (secondary N) is 1. The molecular weight excluding hydrogens is 262 g/mol. The number of nitro benzene ring substituents is 1. The van der Waals surface area contributed by atoms with Crippen LogP contribution in [0.25, 0.3) is 0 Å². The van der Waals surface area contributed by atoms with Crippen LogP contribution >= 0.6 is 0 Å². The lowest BCUT2D eigenvalue weighted by Crippen LogP contribution is -2.18. The fraction of sp³-hybridized carbons (Fsp3) is 0.455. The molecule has 0 unspecified atom stereocenters. The predicted molar refractivity (Wildman–Crippen MR) is 63.3 cm³/mol. The summed E-state index contributed by atoms with van der Waals surface area (Å²) in [5, 5.41) is 13.8. The molecule has 0 spiro atoms. The van der Waals surface area contributed by atoms with Crippen LogP contribution in [0.1, 0.15) is 5.56 Å². The summed E-state index contributed by atoms with van der Waals surface area (Å²) in [6.07, 6.45) is 0. The van der Waals surface area contributed by atoms with Crippen molar-refractivity contribution in [3.05, 3.63) is 33.9 Å². The van der Waals surface area contributed by atoms with Gasteiger partial charge >= 0.3 is 12.3 Å². The molecule has 0 saturated heterocycles. The van der Waals surface area contributed by atoms with Crippen LogP contribution in [0.2, 0.25) is 0 Å². The van der Waals surface area contributed by atoms with Crippen molar-refractivity contribution in [2.45, 2.75) is 13.2 Å². The molecule has 0 saturated carbocycles. The number of methoxy groups -OCH3 is 1. The van der Waals surface area contributed by atoms with E-state index in [4.69, 9.17) is 4.74 Å². The molecule has 8 heteroatoms. The molecule has 1 aromatic rings. The molecule has 0 aliphatic rings. The van der Waals surface area contributed by atoms with Gasteiger partial charge in [-0.05, 0) is 11.6 Å². The number of ether oxygens (including phenoxy) is 2. The van der Waals surface area contributed by atoms with E-state index in [1.54, 1.807) is 7.11 Å². The first-order chi connectivity index (χ1) is 9.04. The summed E-state index contributed by atoms with van der Waals surface area (Å²) < 4.78 is 33.1. The van der Waals surface area contributed by atoms with Crippen LogP contribution in [-0.4, -0.2) is 31.8 Å². The fourth-order valence-corrected chi connectivity index (χ4v) is 1.42. The molecular formula is C11H14F2N2O4. The second-order valence-corrected chi connectivity index (χ2v) is 3.61. The summed E-state index contributed by atoms with van der Waals surface area (Å²) in [6.45, 7) is -1.63. The van der Waals surface area contributed by atoms with Crippen molar-refractivity contribution in [2.24, 2.45) is 0 Å². The van der Waals surface area contributed by atoms with Gasteiger partial charge in [-0.3, -0.25) is 10.1 Å². The van der Waals surface area contributed by atoms with Crippen LogP contribution in [0.4, 0.5) is 14.5 Å². The zero-order valence-electron chi connectivity index (χ0n) is 10.3. The Morgan fingerprint density at radius 1 is 1.47 bits per heavy atom. The summed E-state index contributed by atoms with van der Waals surface area (Å²) >= 11 is 0. The van der Waals surface area contributed by atoms with Gasteiger partial charge in [0.2, 0.25) is 5.75 Å². The monoisotopic (exact) mass is 276 g/mol. The molecule has 106 valence electrons. The predicted octanol–water partition coefficient (Wildman–Crippen LogP) is 1.93. The van der Waals surface area contributed by atoms with Gasteiger partial charge in [0.15, 0.2) is 0 Å². The Kier molecular flexibility index (Phi) is 6.10. The van der Waals surface area contributed by atoms with E-state index in [9.17, 15) is 18.9 Å². The van der Waals surface area contributed by atoms with Crippen molar-refractivity contribution in [2.75, 3.05) is 20.3 Å². The van der Waals surface area contributed by atoms with Crippen LogP contribution in [0.5, 0.6) is 5.75 Å². The second kappa shape index (κ2) is 7.59. The number of halogens is 2. The van der Waals surface area contributed by atoms with Crippen molar-refractivity contribution >= 4 is 5.69 Å². The summed E-state index contributed by atoms with van der Waals surface area (Å²) in [4.78, 5) is 10.0. The maximum atomic E-state index is 12.1. The Morgan fingerprint density at radius 2 is 2.21 bits per heavy atom. The third-order valence-electron chi connectivity index (χ3n) is 2.25. The van der Waals surface area contributed by atoms with E-state index >= 15 is 0 Å². The molecule has 0 amide bonds. The van der Waals surface area contributed by atoms with Gasteiger partial charge in [-0.15, -0.1) is 0 Å². The van der Waals surface area contributed by atoms with Gasteiger partial charge in [0.05, 0.1) is 11.5 Å². The minimum atomic E-state index is -3.09. The fourth-order valence-electron chi connectivity index (χ4n) is 1.42. The smallest absolute Gasteiger partial charge is 0.387 e. The van der Waals surface area contributed by atoms with Crippen LogP contribution < -0.4 is 10.1 Å². The molecule has 6 nitrogen and oxygen atoms in total. The highest BCUT2D eigenvalue weighted by molar-refractivity contribution is 5.48. The van der Waals surface area contributed by atoms with E-state index in [0.29, 0.717) is 25.3 Å². The minimum Gasteiger partial charge on any atom is -0.427 e. The summed E-state index contributed by atoms with van der Waals surface area (Å²) in [7, 11) is 1.56. The SMILES string of the molecule is COCCNCc1ccc(OC(F)F)c([N+](=O)[O-])c1. The first kappa shape index (κ1) is 15.3. The standard InChI is InChI=1S/C11H14F2N2O4/c1-18-5-4-14-7-8-2-3-10(19-11(12)13)9(6-8)15(16)17/h2-3,6,11,14H,4-5,7H2,1H3. The van der Waals surface area contributed by atoms with Gasteiger partial charge in [0.25, 0.3) is 0 Å². The van der Waals surface area contributed by atoms with E-state index in [2.05, 4.69) is 10.1 Å². The van der Waals surface area contributed by atoms with E-state index in [1.807, 2.05) is 0 Å². The lowest BCUT2D eigenvalue weighted by atomic mass is 10.2. The number of alkyl halides is 2. The molecule has 1 aromatic carbocycles. The van der Waals surface area contributed by atoms with Crippen LogP contribution in [-0.2, 0) is 11.3 Å².